The van der Waals surface area contributed by atoms with Crippen molar-refractivity contribution in [3.05, 3.63) is 29.3 Å². The highest BCUT2D eigenvalue weighted by molar-refractivity contribution is 7.91. The van der Waals surface area contributed by atoms with E-state index >= 15 is 0 Å². The molecule has 0 radical (unpaired) electrons. The summed E-state index contributed by atoms with van der Waals surface area (Å²) >= 11 is 5.79. The summed E-state index contributed by atoms with van der Waals surface area (Å²) in [6.07, 6.45) is 0.988. The highest BCUT2D eigenvalue weighted by Crippen LogP contribution is 2.17. The zero-order valence-electron chi connectivity index (χ0n) is 10.1. The van der Waals surface area contributed by atoms with Crippen molar-refractivity contribution in [2.24, 2.45) is 0 Å². The second kappa shape index (κ2) is 6.38. The molecule has 0 fully saturated rings. The van der Waals surface area contributed by atoms with Crippen LogP contribution in [-0.2, 0) is 9.84 Å². The van der Waals surface area contributed by atoms with E-state index in [4.69, 9.17) is 11.6 Å². The first-order chi connectivity index (χ1) is 7.95. The number of halogens is 1. The smallest absolute Gasteiger partial charge is 0.179 e. The zero-order valence-corrected chi connectivity index (χ0v) is 11.7. The largest absolute Gasteiger partial charge is 0.313 e. The highest BCUT2D eigenvalue weighted by atomic mass is 35.5. The van der Waals surface area contributed by atoms with Gasteiger partial charge in [0, 0.05) is 11.1 Å². The molecule has 1 unspecified atom stereocenters. The van der Waals surface area contributed by atoms with Crippen LogP contribution < -0.4 is 5.32 Å². The first kappa shape index (κ1) is 14.5. The molecular formula is C12H18ClNO2S. The van der Waals surface area contributed by atoms with E-state index in [-0.39, 0.29) is 16.7 Å². The predicted octanol–water partition coefficient (Wildman–Crippen LogP) is 2.50. The summed E-state index contributed by atoms with van der Waals surface area (Å²) in [6, 6.07) is 6.33. The Hall–Kier alpha value is -0.580. The fraction of sp³-hybridized carbons (Fsp3) is 0.500. The van der Waals surface area contributed by atoms with E-state index in [2.05, 4.69) is 5.32 Å². The Morgan fingerprint density at radius 2 is 2.12 bits per heavy atom. The fourth-order valence-electron chi connectivity index (χ4n) is 1.54. The molecule has 0 aliphatic carbocycles. The van der Waals surface area contributed by atoms with Crippen LogP contribution in [0.1, 0.15) is 20.3 Å². The van der Waals surface area contributed by atoms with E-state index in [1.54, 1.807) is 18.2 Å². The maximum Gasteiger partial charge on any atom is 0.179 e. The minimum Gasteiger partial charge on any atom is -0.313 e. The van der Waals surface area contributed by atoms with E-state index in [1.807, 2.05) is 13.8 Å². The molecule has 96 valence electrons. The van der Waals surface area contributed by atoms with Gasteiger partial charge in [0.1, 0.15) is 0 Å². The first-order valence-electron chi connectivity index (χ1n) is 5.67. The molecule has 5 heteroatoms. The Labute approximate surface area is 108 Å². The summed E-state index contributed by atoms with van der Waals surface area (Å²) in [4.78, 5) is 0.287. The highest BCUT2D eigenvalue weighted by Gasteiger charge is 2.18. The molecule has 1 aromatic rings. The van der Waals surface area contributed by atoms with Gasteiger partial charge in [0.25, 0.3) is 0 Å². The van der Waals surface area contributed by atoms with Crippen LogP contribution in [0.2, 0.25) is 5.02 Å². The van der Waals surface area contributed by atoms with Gasteiger partial charge in [-0.25, -0.2) is 8.42 Å². The molecular weight excluding hydrogens is 258 g/mol. The molecule has 0 spiro atoms. The van der Waals surface area contributed by atoms with E-state index in [0.29, 0.717) is 5.02 Å². The second-order valence-electron chi connectivity index (χ2n) is 4.09. The lowest BCUT2D eigenvalue weighted by Gasteiger charge is -2.13. The Morgan fingerprint density at radius 1 is 1.41 bits per heavy atom. The van der Waals surface area contributed by atoms with Crippen molar-refractivity contribution in [2.45, 2.75) is 31.2 Å². The Kier molecular flexibility index (Phi) is 5.43. The quantitative estimate of drug-likeness (QED) is 0.868. The van der Waals surface area contributed by atoms with Crippen LogP contribution in [0.4, 0.5) is 0 Å². The number of rotatable bonds is 6. The Morgan fingerprint density at radius 3 is 2.71 bits per heavy atom. The van der Waals surface area contributed by atoms with Gasteiger partial charge in [0.2, 0.25) is 0 Å². The van der Waals surface area contributed by atoms with Gasteiger partial charge in [-0.1, -0.05) is 24.6 Å². The molecule has 1 atom stereocenters. The van der Waals surface area contributed by atoms with Gasteiger partial charge in [0.05, 0.1) is 10.6 Å². The molecule has 0 aliphatic heterocycles. The maximum absolute atomic E-state index is 12.1. The number of nitrogens with one attached hydrogen (secondary N) is 1. The SMILES string of the molecule is CCCNC(C)CS(=O)(=O)c1cccc(Cl)c1. The summed E-state index contributed by atoms with van der Waals surface area (Å²) in [5, 5.41) is 3.61. The first-order valence-corrected chi connectivity index (χ1v) is 7.70. The van der Waals surface area contributed by atoms with Crippen molar-refractivity contribution in [3.8, 4) is 0 Å². The molecule has 0 heterocycles. The van der Waals surface area contributed by atoms with E-state index in [9.17, 15) is 8.42 Å². The van der Waals surface area contributed by atoms with Crippen LogP contribution in [0.15, 0.2) is 29.2 Å². The monoisotopic (exact) mass is 275 g/mol. The van der Waals surface area contributed by atoms with Crippen LogP contribution in [-0.4, -0.2) is 26.8 Å². The van der Waals surface area contributed by atoms with Crippen molar-refractivity contribution in [1.82, 2.24) is 5.32 Å². The summed E-state index contributed by atoms with van der Waals surface area (Å²) < 4.78 is 24.1. The summed E-state index contributed by atoms with van der Waals surface area (Å²) in [5.74, 6) is 0.0906. The molecule has 0 aromatic heterocycles. The normalized spacial score (nSPS) is 13.6. The van der Waals surface area contributed by atoms with Crippen molar-refractivity contribution in [2.75, 3.05) is 12.3 Å². The van der Waals surface area contributed by atoms with Crippen LogP contribution in [0.25, 0.3) is 0 Å². The molecule has 1 aromatic carbocycles. The van der Waals surface area contributed by atoms with Crippen molar-refractivity contribution >= 4 is 21.4 Å². The van der Waals surface area contributed by atoms with E-state index in [1.165, 1.54) is 6.07 Å². The lowest BCUT2D eigenvalue weighted by Crippen LogP contribution is -2.33. The third-order valence-electron chi connectivity index (χ3n) is 2.37. The van der Waals surface area contributed by atoms with Crippen LogP contribution in [0, 0.1) is 0 Å². The molecule has 0 amide bonds. The van der Waals surface area contributed by atoms with Gasteiger partial charge in [-0.2, -0.15) is 0 Å². The molecule has 0 bridgehead atoms. The average Bonchev–Trinajstić information content (AvgIpc) is 2.26. The Balaban J connectivity index is 2.75. The topological polar surface area (TPSA) is 46.2 Å². The van der Waals surface area contributed by atoms with Gasteiger partial charge in [-0.3, -0.25) is 0 Å². The standard InChI is InChI=1S/C12H18ClNO2S/c1-3-7-14-10(2)9-17(15,16)12-6-4-5-11(13)8-12/h4-6,8,10,14H,3,7,9H2,1-2H3. The van der Waals surface area contributed by atoms with Crippen LogP contribution in [0.5, 0.6) is 0 Å². The van der Waals surface area contributed by atoms with Crippen molar-refractivity contribution in [1.29, 1.82) is 0 Å². The van der Waals surface area contributed by atoms with E-state index in [0.717, 1.165) is 13.0 Å². The third-order valence-corrected chi connectivity index (χ3v) is 4.51. The fourth-order valence-corrected chi connectivity index (χ4v) is 3.35. The van der Waals surface area contributed by atoms with Crippen LogP contribution >= 0.6 is 11.6 Å². The van der Waals surface area contributed by atoms with Gasteiger partial charge in [0.15, 0.2) is 9.84 Å². The number of hydrogen-bond acceptors (Lipinski definition) is 3. The number of sulfone groups is 1. The summed E-state index contributed by atoms with van der Waals surface area (Å²) in [6.45, 7) is 4.75. The molecule has 3 nitrogen and oxygen atoms in total. The average molecular weight is 276 g/mol. The van der Waals surface area contributed by atoms with Crippen molar-refractivity contribution < 1.29 is 8.42 Å². The minimum atomic E-state index is -3.26. The lowest BCUT2D eigenvalue weighted by molar-refractivity contribution is 0.555. The summed E-state index contributed by atoms with van der Waals surface area (Å²) in [5.41, 5.74) is 0. The second-order valence-corrected chi connectivity index (χ2v) is 6.56. The van der Waals surface area contributed by atoms with Crippen LogP contribution in [0.3, 0.4) is 0 Å². The maximum atomic E-state index is 12.1. The van der Waals surface area contributed by atoms with Gasteiger partial charge >= 0.3 is 0 Å². The Bertz CT molecular complexity index is 459. The molecule has 0 aliphatic rings. The van der Waals surface area contributed by atoms with E-state index < -0.39 is 9.84 Å². The lowest BCUT2D eigenvalue weighted by atomic mass is 10.3. The number of hydrogen-bond donors (Lipinski definition) is 1. The zero-order chi connectivity index (χ0) is 12.9. The molecule has 0 saturated heterocycles. The summed E-state index contributed by atoms with van der Waals surface area (Å²) in [7, 11) is -3.26. The van der Waals surface area contributed by atoms with Gasteiger partial charge in [-0.05, 0) is 38.1 Å². The molecule has 1 rings (SSSR count). The molecule has 1 N–H and O–H groups in total. The minimum absolute atomic E-state index is 0.0565. The number of benzene rings is 1. The van der Waals surface area contributed by atoms with Crippen molar-refractivity contribution in [3.63, 3.8) is 0 Å². The third kappa shape index (κ3) is 4.66. The molecule has 17 heavy (non-hydrogen) atoms. The predicted molar refractivity (Wildman–Crippen MR) is 71.3 cm³/mol. The van der Waals surface area contributed by atoms with Gasteiger partial charge in [-0.15, -0.1) is 0 Å². The van der Waals surface area contributed by atoms with Gasteiger partial charge < -0.3 is 5.32 Å². The molecule has 0 saturated carbocycles.